The first-order valence-electron chi connectivity index (χ1n) is 4.49. The van der Waals surface area contributed by atoms with E-state index in [1.807, 2.05) is 16.8 Å². The van der Waals surface area contributed by atoms with Gasteiger partial charge in [0.25, 0.3) is 0 Å². The van der Waals surface area contributed by atoms with Gasteiger partial charge in [-0.25, -0.2) is 8.42 Å². The predicted octanol–water partition coefficient (Wildman–Crippen LogP) is 1.40. The summed E-state index contributed by atoms with van der Waals surface area (Å²) < 4.78 is 23.5. The molecule has 0 bridgehead atoms. The number of sulfone groups is 1. The Morgan fingerprint density at radius 1 is 1.57 bits per heavy atom. The molecule has 0 spiro atoms. The number of rotatable bonds is 5. The fraction of sp³-hybridized carbons (Fsp3) is 0.556. The Morgan fingerprint density at radius 2 is 2.29 bits per heavy atom. The maximum atomic E-state index is 11.7. The first-order valence-corrected chi connectivity index (χ1v) is 7.15. The zero-order valence-electron chi connectivity index (χ0n) is 8.14. The third-order valence-corrected chi connectivity index (χ3v) is 5.06. The van der Waals surface area contributed by atoms with E-state index in [0.29, 0.717) is 13.0 Å². The normalized spacial score (nSPS) is 14.1. The van der Waals surface area contributed by atoms with Crippen LogP contribution in [0.3, 0.4) is 0 Å². The van der Waals surface area contributed by atoms with Crippen molar-refractivity contribution in [3.05, 3.63) is 22.4 Å². The molecule has 1 aromatic rings. The lowest BCUT2D eigenvalue weighted by Gasteiger charge is -2.10. The molecule has 1 rings (SSSR count). The lowest BCUT2D eigenvalue weighted by Crippen LogP contribution is -2.22. The Morgan fingerprint density at radius 3 is 2.79 bits per heavy atom. The highest BCUT2D eigenvalue weighted by molar-refractivity contribution is 7.91. The van der Waals surface area contributed by atoms with Crippen LogP contribution in [0.15, 0.2) is 16.8 Å². The van der Waals surface area contributed by atoms with Gasteiger partial charge in [-0.1, -0.05) is 0 Å². The van der Waals surface area contributed by atoms with Crippen molar-refractivity contribution in [2.75, 3.05) is 6.54 Å². The lowest BCUT2D eigenvalue weighted by atomic mass is 10.3. The molecule has 80 valence electrons. The second-order valence-corrected chi connectivity index (χ2v) is 6.53. The number of thiophene rings is 1. The van der Waals surface area contributed by atoms with E-state index in [9.17, 15) is 8.42 Å². The maximum absolute atomic E-state index is 11.7. The highest BCUT2D eigenvalue weighted by Crippen LogP contribution is 2.15. The van der Waals surface area contributed by atoms with E-state index in [1.165, 1.54) is 11.3 Å². The number of hydrogen-bond acceptors (Lipinski definition) is 4. The van der Waals surface area contributed by atoms with Gasteiger partial charge in [-0.2, -0.15) is 11.3 Å². The Balaban J connectivity index is 2.67. The molecule has 1 unspecified atom stereocenters. The van der Waals surface area contributed by atoms with E-state index in [4.69, 9.17) is 5.73 Å². The molecule has 1 aromatic heterocycles. The first-order chi connectivity index (χ1) is 6.56. The third kappa shape index (κ3) is 3.08. The summed E-state index contributed by atoms with van der Waals surface area (Å²) in [6.45, 7) is 2.14. The Hall–Kier alpha value is -0.390. The molecule has 0 radical (unpaired) electrons. The van der Waals surface area contributed by atoms with Crippen LogP contribution >= 0.6 is 11.3 Å². The van der Waals surface area contributed by atoms with Crippen LogP contribution in [0, 0.1) is 0 Å². The van der Waals surface area contributed by atoms with Crippen molar-refractivity contribution in [3.8, 4) is 0 Å². The summed E-state index contributed by atoms with van der Waals surface area (Å²) in [6.07, 6.45) is 0.534. The van der Waals surface area contributed by atoms with Crippen molar-refractivity contribution in [2.45, 2.75) is 24.3 Å². The Bertz CT molecular complexity index is 356. The van der Waals surface area contributed by atoms with Crippen molar-refractivity contribution < 1.29 is 8.42 Å². The van der Waals surface area contributed by atoms with Crippen LogP contribution < -0.4 is 5.73 Å². The van der Waals surface area contributed by atoms with Gasteiger partial charge in [0.05, 0.1) is 11.0 Å². The van der Waals surface area contributed by atoms with Crippen LogP contribution in [0.25, 0.3) is 0 Å². The quantitative estimate of drug-likeness (QED) is 0.836. The van der Waals surface area contributed by atoms with Gasteiger partial charge in [0.2, 0.25) is 0 Å². The Labute approximate surface area is 88.9 Å². The molecule has 0 aliphatic carbocycles. The summed E-state index contributed by atoms with van der Waals surface area (Å²) in [5.74, 6) is 0.137. The molecular formula is C9H15NO2S2. The molecule has 0 aliphatic heterocycles. The molecule has 3 nitrogen and oxygen atoms in total. The molecule has 0 aromatic carbocycles. The fourth-order valence-corrected chi connectivity index (χ4v) is 3.36. The van der Waals surface area contributed by atoms with Gasteiger partial charge < -0.3 is 5.73 Å². The third-order valence-electron chi connectivity index (χ3n) is 2.13. The molecule has 0 amide bonds. The molecular weight excluding hydrogens is 218 g/mol. The lowest BCUT2D eigenvalue weighted by molar-refractivity contribution is 0.577. The average Bonchev–Trinajstić information content (AvgIpc) is 2.56. The summed E-state index contributed by atoms with van der Waals surface area (Å²) in [4.78, 5) is 0. The molecule has 1 heterocycles. The zero-order valence-corrected chi connectivity index (χ0v) is 9.77. The van der Waals surface area contributed by atoms with Gasteiger partial charge in [-0.15, -0.1) is 0 Å². The van der Waals surface area contributed by atoms with Gasteiger partial charge in [0.15, 0.2) is 9.84 Å². The summed E-state index contributed by atoms with van der Waals surface area (Å²) in [7, 11) is -3.02. The van der Waals surface area contributed by atoms with E-state index in [2.05, 4.69) is 0 Å². The van der Waals surface area contributed by atoms with Crippen molar-refractivity contribution >= 4 is 21.2 Å². The van der Waals surface area contributed by atoms with Crippen LogP contribution in [-0.2, 0) is 15.6 Å². The summed E-state index contributed by atoms with van der Waals surface area (Å²) >= 11 is 1.52. The monoisotopic (exact) mass is 233 g/mol. The van der Waals surface area contributed by atoms with Crippen molar-refractivity contribution in [2.24, 2.45) is 5.73 Å². The second-order valence-electron chi connectivity index (χ2n) is 3.33. The minimum absolute atomic E-state index is 0.137. The van der Waals surface area contributed by atoms with Gasteiger partial charge in [-0.05, 0) is 42.3 Å². The molecule has 2 N–H and O–H groups in total. The van der Waals surface area contributed by atoms with Crippen LogP contribution in [0.2, 0.25) is 0 Å². The second kappa shape index (κ2) is 4.91. The number of nitrogens with two attached hydrogens (primary N) is 1. The molecule has 1 atom stereocenters. The molecule has 0 aliphatic rings. The highest BCUT2D eigenvalue weighted by atomic mass is 32.2. The van der Waals surface area contributed by atoms with Gasteiger partial charge in [-0.3, -0.25) is 0 Å². The topological polar surface area (TPSA) is 60.2 Å². The minimum atomic E-state index is -3.02. The summed E-state index contributed by atoms with van der Waals surface area (Å²) in [6, 6.07) is 1.84. The van der Waals surface area contributed by atoms with E-state index >= 15 is 0 Å². The molecule has 5 heteroatoms. The van der Waals surface area contributed by atoms with Crippen LogP contribution in [0.1, 0.15) is 18.9 Å². The van der Waals surface area contributed by atoms with E-state index in [1.54, 1.807) is 6.92 Å². The standard InChI is InChI=1S/C9H15NO2S2/c1-8(2-4-10)14(11,12)7-9-3-5-13-6-9/h3,5-6,8H,2,4,7,10H2,1H3. The van der Waals surface area contributed by atoms with Crippen molar-refractivity contribution in [3.63, 3.8) is 0 Å². The van der Waals surface area contributed by atoms with E-state index in [-0.39, 0.29) is 11.0 Å². The van der Waals surface area contributed by atoms with Gasteiger partial charge >= 0.3 is 0 Å². The van der Waals surface area contributed by atoms with Gasteiger partial charge in [0, 0.05) is 0 Å². The molecule has 0 saturated carbocycles. The summed E-state index contributed by atoms with van der Waals surface area (Å²) in [5, 5.41) is 3.41. The first kappa shape index (κ1) is 11.7. The largest absolute Gasteiger partial charge is 0.330 e. The predicted molar refractivity (Wildman–Crippen MR) is 60.1 cm³/mol. The van der Waals surface area contributed by atoms with Crippen molar-refractivity contribution in [1.82, 2.24) is 0 Å². The Kier molecular flexibility index (Phi) is 4.10. The smallest absolute Gasteiger partial charge is 0.157 e. The van der Waals surface area contributed by atoms with Crippen molar-refractivity contribution in [1.29, 1.82) is 0 Å². The SMILES string of the molecule is CC(CCN)S(=O)(=O)Cc1ccsc1. The average molecular weight is 233 g/mol. The van der Waals surface area contributed by atoms with E-state index < -0.39 is 9.84 Å². The van der Waals surface area contributed by atoms with Crippen LogP contribution in [0.5, 0.6) is 0 Å². The van der Waals surface area contributed by atoms with Crippen LogP contribution in [-0.4, -0.2) is 20.2 Å². The minimum Gasteiger partial charge on any atom is -0.330 e. The molecule has 14 heavy (non-hydrogen) atoms. The zero-order chi connectivity index (χ0) is 10.6. The molecule has 0 saturated heterocycles. The van der Waals surface area contributed by atoms with Gasteiger partial charge in [0.1, 0.15) is 0 Å². The number of hydrogen-bond donors (Lipinski definition) is 1. The maximum Gasteiger partial charge on any atom is 0.157 e. The summed E-state index contributed by atoms with van der Waals surface area (Å²) in [5.41, 5.74) is 6.21. The highest BCUT2D eigenvalue weighted by Gasteiger charge is 2.20. The fourth-order valence-electron chi connectivity index (χ4n) is 1.16. The molecule has 0 fully saturated rings. The van der Waals surface area contributed by atoms with Crippen LogP contribution in [0.4, 0.5) is 0 Å². The van der Waals surface area contributed by atoms with E-state index in [0.717, 1.165) is 5.56 Å².